The van der Waals surface area contributed by atoms with Crippen molar-refractivity contribution in [2.75, 3.05) is 36.5 Å². The fraction of sp³-hybridized carbons (Fsp3) is 0.179. The lowest BCUT2D eigenvalue weighted by atomic mass is 10.1. The minimum Gasteiger partial charge on any atom is -0.378 e. The topological polar surface area (TPSA) is 98.1 Å². The summed E-state index contributed by atoms with van der Waals surface area (Å²) in [4.78, 5) is 29.4. The third-order valence-electron chi connectivity index (χ3n) is 6.35. The summed E-state index contributed by atoms with van der Waals surface area (Å²) in [6.45, 7) is 3.22. The molecule has 0 saturated carbocycles. The van der Waals surface area contributed by atoms with Gasteiger partial charge in [-0.3, -0.25) is 9.78 Å². The second kappa shape index (κ2) is 10.2. The average Bonchev–Trinajstić information content (AvgIpc) is 3.36. The van der Waals surface area contributed by atoms with Crippen LogP contribution in [0.4, 0.5) is 11.5 Å². The van der Waals surface area contributed by atoms with Gasteiger partial charge in [0, 0.05) is 37.2 Å². The number of nitrogens with zero attached hydrogens (tertiary/aromatic N) is 6. The van der Waals surface area contributed by atoms with Crippen LogP contribution in [0.5, 0.6) is 0 Å². The molecule has 1 aromatic carbocycles. The monoisotopic (exact) mass is 491 g/mol. The van der Waals surface area contributed by atoms with Crippen LogP contribution >= 0.6 is 0 Å². The van der Waals surface area contributed by atoms with Crippen molar-refractivity contribution in [3.63, 3.8) is 0 Å². The van der Waals surface area contributed by atoms with Crippen molar-refractivity contribution in [2.24, 2.45) is 0 Å². The number of amides is 1. The normalized spacial score (nSPS) is 13.6. The zero-order chi connectivity index (χ0) is 25.0. The fourth-order valence-corrected chi connectivity index (χ4v) is 4.48. The molecule has 0 bridgehead atoms. The molecule has 1 aliphatic heterocycles. The zero-order valence-corrected chi connectivity index (χ0v) is 20.1. The first-order valence-electron chi connectivity index (χ1n) is 12.2. The van der Waals surface area contributed by atoms with Gasteiger partial charge in [0.05, 0.1) is 48.3 Å². The molecule has 5 aromatic rings. The van der Waals surface area contributed by atoms with E-state index in [9.17, 15) is 4.79 Å². The number of hydrogen-bond donors (Lipinski definition) is 1. The van der Waals surface area contributed by atoms with Crippen LogP contribution in [0.3, 0.4) is 0 Å². The summed E-state index contributed by atoms with van der Waals surface area (Å²) in [6.07, 6.45) is 6.95. The summed E-state index contributed by atoms with van der Waals surface area (Å²) in [5.41, 5.74) is 4.47. The van der Waals surface area contributed by atoms with Gasteiger partial charge >= 0.3 is 0 Å². The van der Waals surface area contributed by atoms with Gasteiger partial charge in [-0.2, -0.15) is 5.10 Å². The van der Waals surface area contributed by atoms with Crippen molar-refractivity contribution in [1.82, 2.24) is 24.7 Å². The molecular weight excluding hydrogens is 466 g/mol. The lowest BCUT2D eigenvalue weighted by Crippen LogP contribution is -2.37. The summed E-state index contributed by atoms with van der Waals surface area (Å²) < 4.78 is 7.30. The van der Waals surface area contributed by atoms with Crippen LogP contribution in [-0.2, 0) is 11.3 Å². The Morgan fingerprint density at radius 1 is 0.973 bits per heavy atom. The molecule has 1 N–H and O–H groups in total. The van der Waals surface area contributed by atoms with E-state index in [-0.39, 0.29) is 5.91 Å². The van der Waals surface area contributed by atoms with Crippen LogP contribution in [0.2, 0.25) is 0 Å². The minimum absolute atomic E-state index is 0.240. The Bertz CT molecular complexity index is 1530. The van der Waals surface area contributed by atoms with Crippen LogP contribution in [-0.4, -0.2) is 56.9 Å². The molecule has 1 aliphatic rings. The van der Waals surface area contributed by atoms with E-state index >= 15 is 0 Å². The molecule has 1 fully saturated rings. The van der Waals surface area contributed by atoms with E-state index in [1.807, 2.05) is 65.3 Å². The Hall–Kier alpha value is -4.63. The Labute approximate surface area is 213 Å². The van der Waals surface area contributed by atoms with Crippen molar-refractivity contribution < 1.29 is 9.53 Å². The second-order valence-corrected chi connectivity index (χ2v) is 8.74. The number of anilines is 2. The van der Waals surface area contributed by atoms with Gasteiger partial charge in [-0.1, -0.05) is 30.3 Å². The standard InChI is InChI=1S/C28H25N7O2/c36-28(33-24-7-4-10-30-27(24)34-13-15-37-16-14-34)22-17-25(21-5-2-1-3-6-21)32-26-23(22)18-31-35(26)19-20-8-11-29-12-9-20/h1-12,17-18H,13-16,19H2,(H,33,36). The van der Waals surface area contributed by atoms with Crippen molar-refractivity contribution >= 4 is 28.4 Å². The highest BCUT2D eigenvalue weighted by atomic mass is 16.5. The van der Waals surface area contributed by atoms with Crippen molar-refractivity contribution in [1.29, 1.82) is 0 Å². The number of carbonyl (C=O) groups excluding carboxylic acids is 1. The van der Waals surface area contributed by atoms with Gasteiger partial charge < -0.3 is 15.0 Å². The Kier molecular flexibility index (Phi) is 6.26. The maximum atomic E-state index is 13.8. The molecule has 0 aliphatic carbocycles. The van der Waals surface area contributed by atoms with E-state index in [1.165, 1.54) is 0 Å². The Morgan fingerprint density at radius 2 is 1.78 bits per heavy atom. The number of hydrogen-bond acceptors (Lipinski definition) is 7. The summed E-state index contributed by atoms with van der Waals surface area (Å²) in [6, 6.07) is 19.3. The predicted octanol–water partition coefficient (Wildman–Crippen LogP) is 4.03. The lowest BCUT2D eigenvalue weighted by Gasteiger charge is -2.29. The second-order valence-electron chi connectivity index (χ2n) is 8.74. The molecule has 4 aromatic heterocycles. The lowest BCUT2D eigenvalue weighted by molar-refractivity contribution is 0.102. The summed E-state index contributed by atoms with van der Waals surface area (Å²) in [5, 5.41) is 8.37. The van der Waals surface area contributed by atoms with E-state index in [0.717, 1.165) is 30.0 Å². The Balaban J connectivity index is 1.41. The number of morpholine rings is 1. The number of ether oxygens (including phenoxy) is 1. The van der Waals surface area contributed by atoms with Crippen molar-refractivity contribution in [3.8, 4) is 11.3 Å². The molecule has 6 rings (SSSR count). The molecule has 1 amide bonds. The quantitative estimate of drug-likeness (QED) is 0.383. The first kappa shape index (κ1) is 22.8. The maximum Gasteiger partial charge on any atom is 0.256 e. The molecule has 0 atom stereocenters. The molecule has 0 radical (unpaired) electrons. The first-order chi connectivity index (χ1) is 18.3. The van der Waals surface area contributed by atoms with E-state index in [2.05, 4.69) is 25.3 Å². The van der Waals surface area contributed by atoms with E-state index < -0.39 is 0 Å². The van der Waals surface area contributed by atoms with Gasteiger partial charge in [0.15, 0.2) is 11.5 Å². The molecular formula is C28H25N7O2. The first-order valence-corrected chi connectivity index (χ1v) is 12.2. The van der Waals surface area contributed by atoms with Gasteiger partial charge in [-0.15, -0.1) is 0 Å². The van der Waals surface area contributed by atoms with Gasteiger partial charge in [-0.05, 0) is 35.9 Å². The number of fused-ring (bicyclic) bond motifs is 1. The molecule has 184 valence electrons. The van der Waals surface area contributed by atoms with E-state index in [4.69, 9.17) is 9.72 Å². The molecule has 0 spiro atoms. The zero-order valence-electron chi connectivity index (χ0n) is 20.1. The summed E-state index contributed by atoms with van der Waals surface area (Å²) in [7, 11) is 0. The summed E-state index contributed by atoms with van der Waals surface area (Å²) in [5.74, 6) is 0.497. The molecule has 1 saturated heterocycles. The van der Waals surface area contributed by atoms with E-state index in [1.54, 1.807) is 24.8 Å². The minimum atomic E-state index is -0.240. The van der Waals surface area contributed by atoms with Gasteiger partial charge in [0.2, 0.25) is 0 Å². The van der Waals surface area contributed by atoms with Gasteiger partial charge in [0.25, 0.3) is 5.91 Å². The maximum absolute atomic E-state index is 13.8. The molecule has 37 heavy (non-hydrogen) atoms. The number of nitrogens with one attached hydrogen (secondary N) is 1. The molecule has 9 nitrogen and oxygen atoms in total. The number of pyridine rings is 3. The highest BCUT2D eigenvalue weighted by Gasteiger charge is 2.21. The Morgan fingerprint density at radius 3 is 2.59 bits per heavy atom. The van der Waals surface area contributed by atoms with Crippen molar-refractivity contribution in [3.05, 3.63) is 96.6 Å². The third-order valence-corrected chi connectivity index (χ3v) is 6.35. The van der Waals surface area contributed by atoms with Gasteiger partial charge in [-0.25, -0.2) is 14.6 Å². The molecule has 9 heteroatoms. The van der Waals surface area contributed by atoms with Gasteiger partial charge in [0.1, 0.15) is 0 Å². The van der Waals surface area contributed by atoms with Crippen molar-refractivity contribution in [2.45, 2.75) is 6.54 Å². The number of rotatable bonds is 6. The SMILES string of the molecule is O=C(Nc1cccnc1N1CCOCC1)c1cc(-c2ccccc2)nc2c1cnn2Cc1ccncc1. The van der Waals surface area contributed by atoms with Crippen LogP contribution in [0.15, 0.2) is 85.5 Å². The van der Waals surface area contributed by atoms with E-state index in [0.29, 0.717) is 47.7 Å². The highest BCUT2D eigenvalue weighted by molar-refractivity contribution is 6.13. The van der Waals surface area contributed by atoms with Crippen LogP contribution in [0.25, 0.3) is 22.3 Å². The third kappa shape index (κ3) is 4.76. The predicted molar refractivity (Wildman–Crippen MR) is 142 cm³/mol. The van der Waals surface area contributed by atoms with Crippen LogP contribution < -0.4 is 10.2 Å². The smallest absolute Gasteiger partial charge is 0.256 e. The van der Waals surface area contributed by atoms with Crippen LogP contribution in [0, 0.1) is 0 Å². The molecule has 0 unspecified atom stereocenters. The number of aromatic nitrogens is 5. The fourth-order valence-electron chi connectivity index (χ4n) is 4.48. The highest BCUT2D eigenvalue weighted by Crippen LogP contribution is 2.28. The average molecular weight is 492 g/mol. The largest absolute Gasteiger partial charge is 0.378 e. The number of carbonyl (C=O) groups is 1. The number of benzene rings is 1. The summed E-state index contributed by atoms with van der Waals surface area (Å²) >= 11 is 0. The molecule has 5 heterocycles. The van der Waals surface area contributed by atoms with Crippen LogP contribution in [0.1, 0.15) is 15.9 Å².